The first-order valence-corrected chi connectivity index (χ1v) is 27.8. The molecule has 0 atom stereocenters. The number of rotatable bonds is 53. The van der Waals surface area contributed by atoms with Gasteiger partial charge in [-0.2, -0.15) is 0 Å². The largest absolute Gasteiger partial charge is 0.481 e. The molecule has 0 saturated heterocycles. The Labute approximate surface area is 382 Å². The van der Waals surface area contributed by atoms with Crippen LogP contribution in [-0.2, 0) is 14.3 Å². The molecule has 0 aromatic heterocycles. The fraction of sp³-hybridized carbons (Fsp3) is 0.895. The fourth-order valence-corrected chi connectivity index (χ4v) is 8.73. The highest BCUT2D eigenvalue weighted by Gasteiger charge is 2.03. The van der Waals surface area contributed by atoms with Gasteiger partial charge in [0.05, 0.1) is 6.61 Å². The number of ether oxygens (including phenoxy) is 1. The molecule has 0 fully saturated rings. The third-order valence-electron chi connectivity index (χ3n) is 12.9. The second-order valence-corrected chi connectivity index (χ2v) is 19.1. The van der Waals surface area contributed by atoms with Crippen LogP contribution in [0.15, 0.2) is 24.3 Å². The Bertz CT molecular complexity index is 909. The molecule has 0 heterocycles. The smallest absolute Gasteiger partial charge is 0.305 e. The van der Waals surface area contributed by atoms with Gasteiger partial charge in [-0.3, -0.25) is 9.59 Å². The number of carboxylic acids is 1. The van der Waals surface area contributed by atoms with E-state index < -0.39 is 5.97 Å². The Kier molecular flexibility index (Phi) is 53.1. The maximum atomic E-state index is 12.0. The summed E-state index contributed by atoms with van der Waals surface area (Å²) < 4.78 is 5.48. The molecular weight excluding hydrogens is 749 g/mol. The molecule has 0 spiro atoms. The van der Waals surface area contributed by atoms with Crippen molar-refractivity contribution in [2.75, 3.05) is 6.61 Å². The molecule has 0 aliphatic rings. The third-order valence-corrected chi connectivity index (χ3v) is 12.9. The van der Waals surface area contributed by atoms with E-state index in [0.29, 0.717) is 19.4 Å². The maximum Gasteiger partial charge on any atom is 0.305 e. The third kappa shape index (κ3) is 56.4. The number of allylic oxidation sites excluding steroid dienone is 4. The van der Waals surface area contributed by atoms with E-state index in [-0.39, 0.29) is 5.97 Å². The highest BCUT2D eigenvalue weighted by atomic mass is 16.5. The lowest BCUT2D eigenvalue weighted by atomic mass is 10.0. The van der Waals surface area contributed by atoms with Gasteiger partial charge in [0.15, 0.2) is 0 Å². The van der Waals surface area contributed by atoms with Gasteiger partial charge >= 0.3 is 11.9 Å². The molecule has 0 rings (SSSR count). The summed E-state index contributed by atoms with van der Waals surface area (Å²) in [7, 11) is 0. The normalized spacial score (nSPS) is 11.8. The number of hydrogen-bond acceptors (Lipinski definition) is 3. The molecule has 0 aliphatic heterocycles. The standard InChI is InChI=1S/C57H108O4/c1-2-3-4-5-6-7-8-9-32-36-39-42-45-48-51-54-57(60)61-55-52-49-46-43-40-37-34-31-29-27-25-23-21-19-17-15-13-11-10-12-14-16-18-20-22-24-26-28-30-33-35-38-41-44-47-50-53-56(58)59/h6-7,9,32H,2-5,8,10-31,33-55H2,1H3,(H,58,59)/b7-6-,32-9-. The summed E-state index contributed by atoms with van der Waals surface area (Å²) in [4.78, 5) is 22.6. The molecule has 0 bridgehead atoms. The Balaban J connectivity index is 3.15. The predicted octanol–water partition coefficient (Wildman–Crippen LogP) is 19.9. The van der Waals surface area contributed by atoms with E-state index in [4.69, 9.17) is 9.84 Å². The van der Waals surface area contributed by atoms with E-state index in [1.807, 2.05) is 0 Å². The molecule has 61 heavy (non-hydrogen) atoms. The first kappa shape index (κ1) is 59.4. The van der Waals surface area contributed by atoms with Gasteiger partial charge in [0.25, 0.3) is 0 Å². The molecular formula is C57H108O4. The molecule has 4 nitrogen and oxygen atoms in total. The summed E-state index contributed by atoms with van der Waals surface area (Å²) in [6.07, 6.45) is 72.9. The SMILES string of the molecule is CCCCC/C=C\C/C=C\CCCCCCCC(=O)OCCCCCCCCCCCCCCCCCCCCCCCCCCCCCCCCCCCCCCC(=O)O. The van der Waals surface area contributed by atoms with E-state index in [1.165, 1.54) is 263 Å². The Morgan fingerprint density at radius 3 is 0.902 bits per heavy atom. The second-order valence-electron chi connectivity index (χ2n) is 19.1. The molecule has 0 aliphatic carbocycles. The van der Waals surface area contributed by atoms with Crippen LogP contribution in [0.5, 0.6) is 0 Å². The average Bonchev–Trinajstić information content (AvgIpc) is 3.25. The van der Waals surface area contributed by atoms with Crippen molar-refractivity contribution < 1.29 is 19.4 Å². The van der Waals surface area contributed by atoms with Crippen LogP contribution in [0.2, 0.25) is 0 Å². The van der Waals surface area contributed by atoms with Gasteiger partial charge < -0.3 is 9.84 Å². The van der Waals surface area contributed by atoms with E-state index in [9.17, 15) is 9.59 Å². The van der Waals surface area contributed by atoms with Crippen LogP contribution < -0.4 is 0 Å². The van der Waals surface area contributed by atoms with Gasteiger partial charge in [-0.05, 0) is 51.4 Å². The molecule has 0 aromatic carbocycles. The summed E-state index contributed by atoms with van der Waals surface area (Å²) in [6.45, 7) is 2.87. The van der Waals surface area contributed by atoms with Crippen molar-refractivity contribution in [3.05, 3.63) is 24.3 Å². The highest BCUT2D eigenvalue weighted by Crippen LogP contribution is 2.18. The van der Waals surface area contributed by atoms with Crippen LogP contribution in [0.25, 0.3) is 0 Å². The van der Waals surface area contributed by atoms with Crippen molar-refractivity contribution in [1.29, 1.82) is 0 Å². The lowest BCUT2D eigenvalue weighted by Crippen LogP contribution is -2.05. The zero-order valence-corrected chi connectivity index (χ0v) is 41.3. The van der Waals surface area contributed by atoms with Crippen molar-refractivity contribution >= 4 is 11.9 Å². The number of aliphatic carboxylic acids is 1. The van der Waals surface area contributed by atoms with Gasteiger partial charge in [0.2, 0.25) is 0 Å². The first-order valence-electron chi connectivity index (χ1n) is 27.8. The molecule has 4 heteroatoms. The quantitative estimate of drug-likeness (QED) is 0.0376. The van der Waals surface area contributed by atoms with E-state index >= 15 is 0 Å². The van der Waals surface area contributed by atoms with Crippen molar-refractivity contribution in [1.82, 2.24) is 0 Å². The lowest BCUT2D eigenvalue weighted by Gasteiger charge is -2.06. The summed E-state index contributed by atoms with van der Waals surface area (Å²) in [5, 5.41) is 8.67. The number of carbonyl (C=O) groups excluding carboxylic acids is 1. The minimum atomic E-state index is -0.651. The van der Waals surface area contributed by atoms with Gasteiger partial charge in [-0.1, -0.05) is 282 Å². The Morgan fingerprint density at radius 2 is 0.590 bits per heavy atom. The zero-order valence-electron chi connectivity index (χ0n) is 41.3. The van der Waals surface area contributed by atoms with Gasteiger partial charge in [-0.25, -0.2) is 0 Å². The summed E-state index contributed by atoms with van der Waals surface area (Å²) >= 11 is 0. The van der Waals surface area contributed by atoms with Crippen LogP contribution in [0.3, 0.4) is 0 Å². The van der Waals surface area contributed by atoms with Crippen LogP contribution >= 0.6 is 0 Å². The van der Waals surface area contributed by atoms with E-state index in [0.717, 1.165) is 38.5 Å². The maximum absolute atomic E-state index is 12.0. The molecule has 0 aromatic rings. The number of carbonyl (C=O) groups is 2. The number of carboxylic acid groups (broad SMARTS) is 1. The molecule has 0 unspecified atom stereocenters. The van der Waals surface area contributed by atoms with Crippen LogP contribution in [-0.4, -0.2) is 23.7 Å². The number of esters is 1. The Morgan fingerprint density at radius 1 is 0.328 bits per heavy atom. The topological polar surface area (TPSA) is 63.6 Å². The molecule has 1 N–H and O–H groups in total. The molecule has 0 amide bonds. The summed E-state index contributed by atoms with van der Waals surface area (Å²) in [6, 6.07) is 0. The first-order chi connectivity index (χ1) is 30.2. The van der Waals surface area contributed by atoms with E-state index in [2.05, 4.69) is 31.2 Å². The molecule has 0 radical (unpaired) electrons. The highest BCUT2D eigenvalue weighted by molar-refractivity contribution is 5.69. The minimum absolute atomic E-state index is 0.0106. The van der Waals surface area contributed by atoms with Crippen molar-refractivity contribution in [3.8, 4) is 0 Å². The zero-order chi connectivity index (χ0) is 44.0. The number of unbranched alkanes of at least 4 members (excludes halogenated alkanes) is 43. The van der Waals surface area contributed by atoms with E-state index in [1.54, 1.807) is 0 Å². The van der Waals surface area contributed by atoms with Crippen LogP contribution in [0.4, 0.5) is 0 Å². The lowest BCUT2D eigenvalue weighted by molar-refractivity contribution is -0.144. The summed E-state index contributed by atoms with van der Waals surface area (Å²) in [5.41, 5.74) is 0. The molecule has 0 saturated carbocycles. The van der Waals surface area contributed by atoms with Gasteiger partial charge in [-0.15, -0.1) is 0 Å². The van der Waals surface area contributed by atoms with Crippen LogP contribution in [0, 0.1) is 0 Å². The second kappa shape index (κ2) is 54.6. The van der Waals surface area contributed by atoms with Crippen molar-refractivity contribution in [3.63, 3.8) is 0 Å². The summed E-state index contributed by atoms with van der Waals surface area (Å²) in [5.74, 6) is -0.640. The number of hydrogen-bond donors (Lipinski definition) is 1. The van der Waals surface area contributed by atoms with Crippen molar-refractivity contribution in [2.24, 2.45) is 0 Å². The average molecular weight is 857 g/mol. The fourth-order valence-electron chi connectivity index (χ4n) is 8.73. The minimum Gasteiger partial charge on any atom is -0.481 e. The van der Waals surface area contributed by atoms with Gasteiger partial charge in [0, 0.05) is 12.8 Å². The van der Waals surface area contributed by atoms with Crippen LogP contribution in [0.1, 0.15) is 322 Å². The van der Waals surface area contributed by atoms with Crippen molar-refractivity contribution in [2.45, 2.75) is 322 Å². The predicted molar refractivity (Wildman–Crippen MR) is 269 cm³/mol. The van der Waals surface area contributed by atoms with Gasteiger partial charge in [0.1, 0.15) is 0 Å². The Hall–Kier alpha value is -1.58. The molecule has 360 valence electrons. The monoisotopic (exact) mass is 857 g/mol.